The van der Waals surface area contributed by atoms with E-state index < -0.39 is 11.9 Å². The summed E-state index contributed by atoms with van der Waals surface area (Å²) >= 11 is 6.26. The molecule has 9 heteroatoms. The number of carbonyl (C=O) groups is 3. The first-order valence-electron chi connectivity index (χ1n) is 11.4. The molecule has 1 aliphatic heterocycles. The van der Waals surface area contributed by atoms with E-state index in [0.717, 1.165) is 12.8 Å². The fourth-order valence-electron chi connectivity index (χ4n) is 3.86. The summed E-state index contributed by atoms with van der Waals surface area (Å²) in [6, 6.07) is 14.6. The van der Waals surface area contributed by atoms with Gasteiger partial charge in [-0.05, 0) is 80.3 Å². The van der Waals surface area contributed by atoms with Crippen LogP contribution in [0.2, 0.25) is 5.02 Å². The molecule has 1 aliphatic carbocycles. The van der Waals surface area contributed by atoms with Gasteiger partial charge in [0, 0.05) is 12.1 Å². The minimum Gasteiger partial charge on any atom is -0.478 e. The van der Waals surface area contributed by atoms with Gasteiger partial charge in [-0.25, -0.2) is 4.79 Å². The van der Waals surface area contributed by atoms with E-state index in [1.165, 1.54) is 17.1 Å². The van der Waals surface area contributed by atoms with Crippen molar-refractivity contribution in [3.05, 3.63) is 82.1 Å². The second-order valence-corrected chi connectivity index (χ2v) is 9.17. The highest BCUT2D eigenvalue weighted by Crippen LogP contribution is 2.31. The van der Waals surface area contributed by atoms with Crippen molar-refractivity contribution in [1.29, 1.82) is 0 Å². The summed E-state index contributed by atoms with van der Waals surface area (Å²) in [6.45, 7) is 2.34. The number of hydrogen-bond acceptors (Lipinski definition) is 5. The maximum Gasteiger partial charge on any atom is 0.335 e. The van der Waals surface area contributed by atoms with Gasteiger partial charge in [-0.3, -0.25) is 9.59 Å². The second-order valence-electron chi connectivity index (χ2n) is 8.77. The molecule has 182 valence electrons. The lowest BCUT2D eigenvalue weighted by atomic mass is 10.1. The Labute approximate surface area is 211 Å². The van der Waals surface area contributed by atoms with Gasteiger partial charge in [-0.1, -0.05) is 17.7 Å². The first kappa shape index (κ1) is 23.6. The molecule has 36 heavy (non-hydrogen) atoms. The van der Waals surface area contributed by atoms with E-state index >= 15 is 0 Å². The van der Waals surface area contributed by atoms with Crippen LogP contribution in [0.4, 0.5) is 5.69 Å². The summed E-state index contributed by atoms with van der Waals surface area (Å²) in [5.74, 6) is -0.209. The third-order valence-corrected chi connectivity index (χ3v) is 6.39. The molecule has 0 saturated heterocycles. The van der Waals surface area contributed by atoms with Crippen LogP contribution in [-0.2, 0) is 4.79 Å². The smallest absolute Gasteiger partial charge is 0.335 e. The monoisotopic (exact) mass is 503 g/mol. The van der Waals surface area contributed by atoms with Crippen molar-refractivity contribution in [3.63, 3.8) is 0 Å². The Kier molecular flexibility index (Phi) is 6.20. The van der Waals surface area contributed by atoms with Crippen LogP contribution in [0.3, 0.4) is 0 Å². The molecule has 0 atom stereocenters. The minimum atomic E-state index is -1.09. The summed E-state index contributed by atoms with van der Waals surface area (Å²) < 4.78 is 5.95. The molecule has 2 amide bonds. The molecule has 1 aromatic heterocycles. The quantitative estimate of drug-likeness (QED) is 0.428. The maximum atomic E-state index is 13.0. The van der Waals surface area contributed by atoms with Crippen LogP contribution in [0.15, 0.2) is 69.7 Å². The van der Waals surface area contributed by atoms with Crippen molar-refractivity contribution in [1.82, 2.24) is 5.32 Å². The first-order chi connectivity index (χ1) is 17.3. The van der Waals surface area contributed by atoms with Gasteiger partial charge in [-0.15, -0.1) is 0 Å². The highest BCUT2D eigenvalue weighted by molar-refractivity contribution is 6.34. The van der Waals surface area contributed by atoms with Crippen molar-refractivity contribution < 1.29 is 23.9 Å². The molecule has 2 aromatic carbocycles. The number of hydrazone groups is 1. The van der Waals surface area contributed by atoms with Crippen LogP contribution >= 0.6 is 11.6 Å². The van der Waals surface area contributed by atoms with E-state index in [9.17, 15) is 19.5 Å². The van der Waals surface area contributed by atoms with Crippen molar-refractivity contribution in [3.8, 4) is 11.3 Å². The molecule has 0 bridgehead atoms. The average molecular weight is 504 g/mol. The lowest BCUT2D eigenvalue weighted by Gasteiger charge is -2.12. The largest absolute Gasteiger partial charge is 0.478 e. The molecule has 0 unspecified atom stereocenters. The van der Waals surface area contributed by atoms with E-state index in [0.29, 0.717) is 57.1 Å². The molecule has 2 N–H and O–H groups in total. The Morgan fingerprint density at radius 1 is 1.19 bits per heavy atom. The molecule has 5 rings (SSSR count). The van der Waals surface area contributed by atoms with Crippen molar-refractivity contribution >= 4 is 46.9 Å². The predicted molar refractivity (Wildman–Crippen MR) is 136 cm³/mol. The van der Waals surface area contributed by atoms with Gasteiger partial charge in [0.2, 0.25) is 0 Å². The Bertz CT molecular complexity index is 1450. The number of anilines is 1. The Balaban J connectivity index is 1.37. The highest BCUT2D eigenvalue weighted by atomic mass is 35.5. The van der Waals surface area contributed by atoms with Gasteiger partial charge in [0.15, 0.2) is 0 Å². The zero-order valence-corrected chi connectivity index (χ0v) is 20.1. The van der Waals surface area contributed by atoms with Gasteiger partial charge in [0.05, 0.1) is 33.1 Å². The second kappa shape index (κ2) is 9.47. The van der Waals surface area contributed by atoms with Crippen LogP contribution in [0.1, 0.15) is 46.2 Å². The average Bonchev–Trinajstić information content (AvgIpc) is 3.52. The molecule has 3 aromatic rings. The number of benzene rings is 2. The first-order valence-corrected chi connectivity index (χ1v) is 11.8. The van der Waals surface area contributed by atoms with Gasteiger partial charge < -0.3 is 14.8 Å². The van der Waals surface area contributed by atoms with Crippen molar-refractivity contribution in [2.75, 3.05) is 11.6 Å². The van der Waals surface area contributed by atoms with E-state index in [4.69, 9.17) is 16.0 Å². The molecule has 2 aliphatic rings. The van der Waals surface area contributed by atoms with Crippen molar-refractivity contribution in [2.45, 2.75) is 19.8 Å². The van der Waals surface area contributed by atoms with E-state index in [1.54, 1.807) is 55.5 Å². The molecule has 0 spiro atoms. The molecule has 8 nitrogen and oxygen atoms in total. The fraction of sp³-hybridized carbons (Fsp3) is 0.185. The van der Waals surface area contributed by atoms with Gasteiger partial charge >= 0.3 is 5.97 Å². The summed E-state index contributed by atoms with van der Waals surface area (Å²) in [5, 5.41) is 18.0. The van der Waals surface area contributed by atoms with Crippen LogP contribution in [0.5, 0.6) is 0 Å². The summed E-state index contributed by atoms with van der Waals surface area (Å²) in [7, 11) is 0. The number of rotatable bonds is 7. The summed E-state index contributed by atoms with van der Waals surface area (Å²) in [6.07, 6.45) is 3.86. The molecule has 1 fully saturated rings. The summed E-state index contributed by atoms with van der Waals surface area (Å²) in [5.41, 5.74) is 2.27. The van der Waals surface area contributed by atoms with Crippen LogP contribution in [0, 0.1) is 5.92 Å². The number of carboxylic acids is 1. The van der Waals surface area contributed by atoms with E-state index in [-0.39, 0.29) is 11.5 Å². The van der Waals surface area contributed by atoms with Crippen LogP contribution in [0.25, 0.3) is 17.4 Å². The number of aromatic carboxylic acids is 1. The number of furan rings is 1. The Morgan fingerprint density at radius 3 is 2.75 bits per heavy atom. The zero-order chi connectivity index (χ0) is 25.4. The van der Waals surface area contributed by atoms with Crippen LogP contribution < -0.4 is 10.3 Å². The Morgan fingerprint density at radius 2 is 2.00 bits per heavy atom. The number of nitrogens with one attached hydrogen (secondary N) is 1. The van der Waals surface area contributed by atoms with Crippen LogP contribution in [-0.4, -0.2) is 35.1 Å². The number of carbonyl (C=O) groups excluding carboxylic acids is 2. The molecular formula is C27H22ClN3O5. The van der Waals surface area contributed by atoms with Gasteiger partial charge in [0.1, 0.15) is 11.5 Å². The molecular weight excluding hydrogens is 482 g/mol. The fourth-order valence-corrected chi connectivity index (χ4v) is 4.07. The third-order valence-electron chi connectivity index (χ3n) is 6.06. The highest BCUT2D eigenvalue weighted by Gasteiger charge is 2.29. The number of carboxylic acid groups (broad SMARTS) is 1. The standard InChI is InChI=1S/C27H22ClN3O5/c1-15-21(26(33)31(30-15)19-4-2-3-18(11-19)27(34)35)13-20-8-10-24(36-20)17-7-9-23(28)22(12-17)25(32)29-14-16-5-6-16/h2-4,7-13,16H,5-6,14H2,1H3,(H,29,32)(H,34,35)/b21-13-. The number of amides is 2. The summed E-state index contributed by atoms with van der Waals surface area (Å²) in [4.78, 5) is 36.9. The number of halogens is 1. The molecule has 0 radical (unpaired) electrons. The SMILES string of the molecule is CC1=NN(c2cccc(C(=O)O)c2)C(=O)/C1=C\c1ccc(-c2ccc(Cl)c(C(=O)NCC3CC3)c2)o1. The van der Waals surface area contributed by atoms with Crippen molar-refractivity contribution in [2.24, 2.45) is 11.0 Å². The van der Waals surface area contributed by atoms with E-state index in [1.807, 2.05) is 0 Å². The normalized spacial score (nSPS) is 16.4. The minimum absolute atomic E-state index is 0.0600. The number of nitrogens with zero attached hydrogens (tertiary/aromatic N) is 2. The third kappa shape index (κ3) is 4.81. The van der Waals surface area contributed by atoms with E-state index in [2.05, 4.69) is 10.4 Å². The predicted octanol–water partition coefficient (Wildman–Crippen LogP) is 5.24. The molecule has 1 saturated carbocycles. The lowest BCUT2D eigenvalue weighted by molar-refractivity contribution is -0.114. The lowest BCUT2D eigenvalue weighted by Crippen LogP contribution is -2.25. The van der Waals surface area contributed by atoms with Gasteiger partial charge in [0.25, 0.3) is 11.8 Å². The Hall–Kier alpha value is -4.17. The van der Waals surface area contributed by atoms with Gasteiger partial charge in [-0.2, -0.15) is 10.1 Å². The zero-order valence-electron chi connectivity index (χ0n) is 19.3. The molecule has 2 heterocycles. The maximum absolute atomic E-state index is 13.0. The topological polar surface area (TPSA) is 112 Å². The number of hydrogen-bond donors (Lipinski definition) is 2.